The Kier molecular flexibility index (Phi) is 12.4. The molecule has 7 nitrogen and oxygen atoms in total. The number of pyridine rings is 1. The Hall–Kier alpha value is -4.18. The molecule has 0 aliphatic heterocycles. The third kappa shape index (κ3) is 9.66. The molecule has 0 fully saturated rings. The Morgan fingerprint density at radius 3 is 2.22 bits per heavy atom. The van der Waals surface area contributed by atoms with Crippen LogP contribution in [0.3, 0.4) is 0 Å². The molecule has 3 aromatic carbocycles. The van der Waals surface area contributed by atoms with Gasteiger partial charge in [0, 0.05) is 34.8 Å². The molecule has 0 atom stereocenters. The summed E-state index contributed by atoms with van der Waals surface area (Å²) in [6, 6.07) is 13.6. The van der Waals surface area contributed by atoms with Gasteiger partial charge in [0.25, 0.3) is 0 Å². The summed E-state index contributed by atoms with van der Waals surface area (Å²) in [6.45, 7) is 4.32. The van der Waals surface area contributed by atoms with Crippen molar-refractivity contribution in [3.05, 3.63) is 71.4 Å². The van der Waals surface area contributed by atoms with Crippen LogP contribution in [0.2, 0.25) is 5.02 Å². The maximum atomic E-state index is 12.5. The number of aromatic nitrogens is 1. The van der Waals surface area contributed by atoms with E-state index in [1.807, 2.05) is 19.1 Å². The van der Waals surface area contributed by atoms with Crippen LogP contribution in [0.4, 0.5) is 18.0 Å². The first-order chi connectivity index (χ1) is 22.1. The number of unbranched alkanes of at least 4 members (excludes halogenated alkanes) is 7. The molecular weight excluding hydrogens is 623 g/mol. The lowest BCUT2D eigenvalue weighted by Crippen LogP contribution is -2.16. The zero-order valence-electron chi connectivity index (χ0n) is 26.0. The second-order valence-electron chi connectivity index (χ2n) is 10.7. The van der Waals surface area contributed by atoms with Gasteiger partial charge in [0.2, 0.25) is 0 Å². The molecule has 11 heteroatoms. The van der Waals surface area contributed by atoms with Crippen molar-refractivity contribution in [3.8, 4) is 39.9 Å². The minimum Gasteiger partial charge on any atom is -0.493 e. The third-order valence-electron chi connectivity index (χ3n) is 7.33. The third-order valence-corrected chi connectivity index (χ3v) is 7.63. The van der Waals surface area contributed by atoms with E-state index >= 15 is 0 Å². The lowest BCUT2D eigenvalue weighted by Gasteiger charge is -2.18. The highest BCUT2D eigenvalue weighted by Crippen LogP contribution is 2.45. The zero-order valence-corrected chi connectivity index (χ0v) is 26.8. The van der Waals surface area contributed by atoms with E-state index in [2.05, 4.69) is 16.6 Å². The molecule has 0 aliphatic rings. The van der Waals surface area contributed by atoms with E-state index in [4.69, 9.17) is 30.5 Å². The average Bonchev–Trinajstić information content (AvgIpc) is 3.00. The summed E-state index contributed by atoms with van der Waals surface area (Å²) >= 11 is 6.74. The number of ether oxygens (including phenoxy) is 5. The molecule has 246 valence electrons. The van der Waals surface area contributed by atoms with Crippen LogP contribution in [0.15, 0.2) is 60.8 Å². The van der Waals surface area contributed by atoms with E-state index in [0.717, 1.165) is 37.0 Å². The number of rotatable bonds is 15. The van der Waals surface area contributed by atoms with Gasteiger partial charge in [-0.15, -0.1) is 13.2 Å². The predicted octanol–water partition coefficient (Wildman–Crippen LogP) is 11.2. The molecule has 0 unspecified atom stereocenters. The zero-order chi connectivity index (χ0) is 33.1. The summed E-state index contributed by atoms with van der Waals surface area (Å²) < 4.78 is 63.8. The van der Waals surface area contributed by atoms with Gasteiger partial charge >= 0.3 is 12.5 Å². The first kappa shape index (κ1) is 34.7. The van der Waals surface area contributed by atoms with Crippen LogP contribution < -0.4 is 18.9 Å². The number of methoxy groups -OCH3 is 1. The molecule has 0 radical (unpaired) electrons. The van der Waals surface area contributed by atoms with Gasteiger partial charge in [-0.2, -0.15) is 0 Å². The van der Waals surface area contributed by atoms with Crippen molar-refractivity contribution < 1.29 is 41.7 Å². The van der Waals surface area contributed by atoms with Gasteiger partial charge in [-0.3, -0.25) is 4.98 Å². The van der Waals surface area contributed by atoms with Crippen molar-refractivity contribution in [1.29, 1.82) is 0 Å². The number of benzene rings is 3. The van der Waals surface area contributed by atoms with Crippen molar-refractivity contribution in [2.45, 2.75) is 71.6 Å². The lowest BCUT2D eigenvalue weighted by atomic mass is 9.97. The van der Waals surface area contributed by atoms with E-state index in [1.54, 1.807) is 24.4 Å². The largest absolute Gasteiger partial charge is 0.573 e. The van der Waals surface area contributed by atoms with Gasteiger partial charge in [-0.05, 0) is 55.3 Å². The van der Waals surface area contributed by atoms with Crippen molar-refractivity contribution in [2.75, 3.05) is 13.7 Å². The first-order valence-corrected chi connectivity index (χ1v) is 15.6. The fourth-order valence-corrected chi connectivity index (χ4v) is 5.48. The molecule has 46 heavy (non-hydrogen) atoms. The van der Waals surface area contributed by atoms with E-state index < -0.39 is 12.5 Å². The monoisotopic (exact) mass is 659 g/mol. The highest BCUT2D eigenvalue weighted by Gasteiger charge is 2.31. The number of fused-ring (bicyclic) bond motifs is 1. The lowest BCUT2D eigenvalue weighted by molar-refractivity contribution is -0.274. The summed E-state index contributed by atoms with van der Waals surface area (Å²) in [5.41, 5.74) is 2.63. The summed E-state index contributed by atoms with van der Waals surface area (Å²) in [5.74, 6) is 0.881. The van der Waals surface area contributed by atoms with Crippen LogP contribution in [-0.2, 0) is 4.74 Å². The number of halogens is 4. The van der Waals surface area contributed by atoms with Gasteiger partial charge in [0.1, 0.15) is 17.2 Å². The van der Waals surface area contributed by atoms with Gasteiger partial charge < -0.3 is 23.7 Å². The maximum absolute atomic E-state index is 12.5. The summed E-state index contributed by atoms with van der Waals surface area (Å²) in [6.07, 6.45) is 5.15. The van der Waals surface area contributed by atoms with Crippen LogP contribution in [0.1, 0.15) is 63.9 Å². The van der Waals surface area contributed by atoms with E-state index in [9.17, 15) is 18.0 Å². The fourth-order valence-electron chi connectivity index (χ4n) is 5.13. The molecule has 0 saturated heterocycles. The van der Waals surface area contributed by atoms with Gasteiger partial charge in [0.05, 0.1) is 24.3 Å². The SMILES string of the molecule is CCCCCCCCCCOC(=O)Oc1ccnc2cc(-c3c(Cl)cc(Oc4ccc(OC(F)(F)F)cc4)c(OC)c3C)ccc12. The molecule has 0 saturated carbocycles. The van der Waals surface area contributed by atoms with Crippen LogP contribution in [0.5, 0.6) is 28.7 Å². The van der Waals surface area contributed by atoms with Gasteiger partial charge in [-0.1, -0.05) is 69.5 Å². The highest BCUT2D eigenvalue weighted by atomic mass is 35.5. The molecule has 1 heterocycles. The molecule has 4 aromatic rings. The first-order valence-electron chi connectivity index (χ1n) is 15.2. The minimum absolute atomic E-state index is 0.259. The van der Waals surface area contributed by atoms with Crippen molar-refractivity contribution in [1.82, 2.24) is 4.98 Å². The van der Waals surface area contributed by atoms with E-state index in [-0.39, 0.29) is 17.2 Å². The van der Waals surface area contributed by atoms with Gasteiger partial charge in [-0.25, -0.2) is 4.79 Å². The molecule has 4 rings (SSSR count). The van der Waals surface area contributed by atoms with E-state index in [0.29, 0.717) is 45.2 Å². The molecule has 0 spiro atoms. The Labute approximate surface area is 271 Å². The molecule has 0 N–H and O–H groups in total. The number of nitrogens with zero attached hydrogens (tertiary/aromatic N) is 1. The summed E-state index contributed by atoms with van der Waals surface area (Å²) in [7, 11) is 1.48. The second-order valence-corrected chi connectivity index (χ2v) is 11.1. The molecule has 0 amide bonds. The molecule has 0 bridgehead atoms. The van der Waals surface area contributed by atoms with Crippen LogP contribution in [0.25, 0.3) is 22.0 Å². The van der Waals surface area contributed by atoms with Crippen LogP contribution in [0, 0.1) is 6.92 Å². The maximum Gasteiger partial charge on any atom is 0.573 e. The summed E-state index contributed by atoms with van der Waals surface area (Å²) in [5, 5.41) is 0.968. The normalized spacial score (nSPS) is 11.4. The standard InChI is InChI=1S/C35H37ClF3NO6/c1-4-5-6-7-8-9-10-11-20-43-34(41)45-30-18-19-40-29-21-24(12-17-27(29)30)32-23(2)33(42-3)31(22-28(32)36)44-25-13-15-26(16-14-25)46-35(37,38)39/h12-19,21-22H,4-11,20H2,1-3H3. The van der Waals surface area contributed by atoms with Crippen LogP contribution in [-0.4, -0.2) is 31.2 Å². The number of carbonyl (C=O) groups is 1. The second kappa shape index (κ2) is 16.4. The molecule has 0 aliphatic carbocycles. The Morgan fingerprint density at radius 1 is 0.870 bits per heavy atom. The average molecular weight is 660 g/mol. The smallest absolute Gasteiger partial charge is 0.493 e. The molecular formula is C35H37ClF3NO6. The van der Waals surface area contributed by atoms with Crippen molar-refractivity contribution in [2.24, 2.45) is 0 Å². The Balaban J connectivity index is 1.44. The fraction of sp³-hybridized carbons (Fsp3) is 0.371. The molecule has 1 aromatic heterocycles. The van der Waals surface area contributed by atoms with E-state index in [1.165, 1.54) is 51.3 Å². The Bertz CT molecular complexity index is 1610. The number of hydrogen-bond donors (Lipinski definition) is 0. The topological polar surface area (TPSA) is 76.1 Å². The quantitative estimate of drug-likeness (QED) is 0.0928. The number of hydrogen-bond acceptors (Lipinski definition) is 7. The Morgan fingerprint density at radius 2 is 1.54 bits per heavy atom. The summed E-state index contributed by atoms with van der Waals surface area (Å²) in [4.78, 5) is 16.8. The number of carbonyl (C=O) groups excluding carboxylic acids is 1. The minimum atomic E-state index is -4.79. The highest BCUT2D eigenvalue weighted by molar-refractivity contribution is 6.34. The van der Waals surface area contributed by atoms with Crippen molar-refractivity contribution in [3.63, 3.8) is 0 Å². The van der Waals surface area contributed by atoms with Crippen LogP contribution >= 0.6 is 11.6 Å². The van der Waals surface area contributed by atoms with Crippen molar-refractivity contribution >= 4 is 28.7 Å². The number of alkyl halides is 3. The van der Waals surface area contributed by atoms with Gasteiger partial charge in [0.15, 0.2) is 11.5 Å². The predicted molar refractivity (Wildman–Crippen MR) is 171 cm³/mol.